The highest BCUT2D eigenvalue weighted by atomic mass is 16.5. The van der Waals surface area contributed by atoms with Crippen LogP contribution in [0, 0.1) is 18.3 Å². The molecule has 3 aromatic rings. The summed E-state index contributed by atoms with van der Waals surface area (Å²) in [7, 11) is 0. The number of aryl methyl sites for hydroxylation is 1. The molecular weight excluding hydrogens is 370 g/mol. The molecule has 1 aliphatic rings. The highest BCUT2D eigenvalue weighted by Gasteiger charge is 2.32. The summed E-state index contributed by atoms with van der Waals surface area (Å²) in [5.41, 5.74) is 2.05. The van der Waals surface area contributed by atoms with E-state index in [0.29, 0.717) is 0 Å². The lowest BCUT2D eigenvalue weighted by Crippen LogP contribution is -2.38. The monoisotopic (exact) mass is 389 g/mol. The maximum Gasteiger partial charge on any atom is 0.343 e. The van der Waals surface area contributed by atoms with Crippen molar-refractivity contribution >= 4 is 17.6 Å². The maximum absolute atomic E-state index is 12.7. The second-order valence-electron chi connectivity index (χ2n) is 6.94. The van der Waals surface area contributed by atoms with E-state index in [2.05, 4.69) is 0 Å². The van der Waals surface area contributed by atoms with Gasteiger partial charge in [-0.15, -0.1) is 0 Å². The number of fused-ring (bicyclic) bond motifs is 1. The van der Waals surface area contributed by atoms with Crippen LogP contribution >= 0.6 is 0 Å². The average Bonchev–Trinajstić information content (AvgIpc) is 3.41. The molecule has 0 saturated heterocycles. The smallest absolute Gasteiger partial charge is 0.343 e. The predicted octanol–water partition coefficient (Wildman–Crippen LogP) is 3.39. The van der Waals surface area contributed by atoms with Gasteiger partial charge >= 0.3 is 5.97 Å². The van der Waals surface area contributed by atoms with Crippen molar-refractivity contribution < 1.29 is 18.7 Å². The molecule has 4 rings (SSSR count). The summed E-state index contributed by atoms with van der Waals surface area (Å²) >= 11 is 0. The number of rotatable bonds is 4. The van der Waals surface area contributed by atoms with Gasteiger partial charge < -0.3 is 14.1 Å². The molecule has 1 aliphatic heterocycles. The molecule has 0 N–H and O–H groups in total. The molecule has 0 aliphatic carbocycles. The Kier molecular flexibility index (Phi) is 4.69. The van der Waals surface area contributed by atoms with Crippen LogP contribution in [0.15, 0.2) is 53.2 Å². The van der Waals surface area contributed by atoms with E-state index >= 15 is 0 Å². The molecule has 1 atom stereocenters. The highest BCUT2D eigenvalue weighted by Crippen LogP contribution is 2.32. The van der Waals surface area contributed by atoms with Crippen molar-refractivity contribution in [2.75, 3.05) is 11.5 Å². The normalized spacial score (nSPS) is 15.1. The Hall–Kier alpha value is -3.79. The van der Waals surface area contributed by atoms with Crippen LogP contribution in [-0.2, 0) is 16.0 Å². The number of furan rings is 1. The zero-order valence-electron chi connectivity index (χ0n) is 16.1. The Morgan fingerprint density at radius 1 is 1.24 bits per heavy atom. The third-order valence-corrected chi connectivity index (χ3v) is 5.02. The van der Waals surface area contributed by atoms with Crippen LogP contribution in [0.3, 0.4) is 0 Å². The van der Waals surface area contributed by atoms with Crippen molar-refractivity contribution in [1.82, 2.24) is 4.57 Å². The quantitative estimate of drug-likeness (QED) is 0.638. The second-order valence-corrected chi connectivity index (χ2v) is 6.94. The largest absolute Gasteiger partial charge is 0.452 e. The summed E-state index contributed by atoms with van der Waals surface area (Å²) in [6.45, 7) is 3.13. The van der Waals surface area contributed by atoms with E-state index < -0.39 is 12.6 Å². The van der Waals surface area contributed by atoms with Gasteiger partial charge in [-0.1, -0.05) is 18.2 Å². The van der Waals surface area contributed by atoms with Crippen LogP contribution < -0.4 is 4.90 Å². The van der Waals surface area contributed by atoms with Gasteiger partial charge in [0.05, 0.1) is 0 Å². The maximum atomic E-state index is 12.7. The Morgan fingerprint density at radius 3 is 2.69 bits per heavy atom. The first kappa shape index (κ1) is 18.6. The number of nitrogens with zero attached hydrogens (tertiary/aromatic N) is 3. The zero-order chi connectivity index (χ0) is 20.5. The summed E-state index contributed by atoms with van der Waals surface area (Å²) in [6, 6.07) is 13.2. The molecule has 146 valence electrons. The van der Waals surface area contributed by atoms with Crippen molar-refractivity contribution in [2.45, 2.75) is 26.3 Å². The zero-order valence-corrected chi connectivity index (χ0v) is 16.1. The standard InChI is InChI=1S/C22H19N3O4/c1-14-11-16-7-3-4-8-18(16)25(14)19(26)13-28-22(27)20-15(2)29-21(17(20)12-23)24-9-5-6-10-24/h3-10,14H,11,13H2,1-2H3/t14-/m0/s1. The number of benzene rings is 1. The molecule has 0 bridgehead atoms. The van der Waals surface area contributed by atoms with E-state index in [0.717, 1.165) is 17.7 Å². The van der Waals surface area contributed by atoms with Crippen LogP contribution in [-0.4, -0.2) is 29.1 Å². The third-order valence-electron chi connectivity index (χ3n) is 5.02. The summed E-state index contributed by atoms with van der Waals surface area (Å²) in [5.74, 6) is -0.547. The summed E-state index contributed by atoms with van der Waals surface area (Å²) < 4.78 is 12.5. The first-order valence-electron chi connectivity index (χ1n) is 9.25. The molecular formula is C22H19N3O4. The summed E-state index contributed by atoms with van der Waals surface area (Å²) in [4.78, 5) is 27.1. The van der Waals surface area contributed by atoms with Crippen LogP contribution in [0.2, 0.25) is 0 Å². The average molecular weight is 389 g/mol. The first-order chi connectivity index (χ1) is 14.0. The minimum atomic E-state index is -0.755. The number of nitriles is 1. The molecule has 0 radical (unpaired) electrons. The molecule has 7 nitrogen and oxygen atoms in total. The van der Waals surface area contributed by atoms with E-state index in [9.17, 15) is 14.9 Å². The fourth-order valence-electron chi connectivity index (χ4n) is 3.75. The van der Waals surface area contributed by atoms with Gasteiger partial charge in [0.15, 0.2) is 6.61 Å². The molecule has 7 heteroatoms. The topological polar surface area (TPSA) is 88.5 Å². The van der Waals surface area contributed by atoms with Gasteiger partial charge in [0.25, 0.3) is 5.91 Å². The van der Waals surface area contributed by atoms with Gasteiger partial charge in [0.2, 0.25) is 5.88 Å². The number of ether oxygens (including phenoxy) is 1. The van der Waals surface area contributed by atoms with Gasteiger partial charge in [-0.25, -0.2) is 4.79 Å². The van der Waals surface area contributed by atoms with E-state index in [1.165, 1.54) is 0 Å². The molecule has 3 heterocycles. The number of hydrogen-bond acceptors (Lipinski definition) is 5. The van der Waals surface area contributed by atoms with E-state index in [1.807, 2.05) is 37.3 Å². The van der Waals surface area contributed by atoms with Gasteiger partial charge in [-0.3, -0.25) is 9.36 Å². The van der Waals surface area contributed by atoms with Crippen LogP contribution in [0.5, 0.6) is 0 Å². The van der Waals surface area contributed by atoms with E-state index in [-0.39, 0.29) is 34.7 Å². The molecule has 1 aromatic carbocycles. The van der Waals surface area contributed by atoms with Gasteiger partial charge in [-0.05, 0) is 44.0 Å². The third kappa shape index (κ3) is 3.19. The molecule has 0 saturated carbocycles. The molecule has 0 fully saturated rings. The van der Waals surface area contributed by atoms with Crippen molar-refractivity contribution in [1.29, 1.82) is 5.26 Å². The lowest BCUT2D eigenvalue weighted by molar-refractivity contribution is -0.122. The van der Waals surface area contributed by atoms with Crippen molar-refractivity contribution in [3.05, 3.63) is 71.2 Å². The highest BCUT2D eigenvalue weighted by molar-refractivity contribution is 6.00. The van der Waals surface area contributed by atoms with Crippen LogP contribution in [0.4, 0.5) is 5.69 Å². The number of amides is 1. The SMILES string of the molecule is Cc1oc(-n2cccc2)c(C#N)c1C(=O)OCC(=O)N1c2ccccc2C[C@@H]1C. The number of aromatic nitrogens is 1. The Balaban J connectivity index is 1.53. The van der Waals surface area contributed by atoms with E-state index in [1.54, 1.807) is 40.9 Å². The molecule has 0 unspecified atom stereocenters. The first-order valence-corrected chi connectivity index (χ1v) is 9.25. The Morgan fingerprint density at radius 2 is 1.97 bits per heavy atom. The van der Waals surface area contributed by atoms with Gasteiger partial charge in [0, 0.05) is 24.1 Å². The van der Waals surface area contributed by atoms with Gasteiger partial charge in [-0.2, -0.15) is 5.26 Å². The van der Waals surface area contributed by atoms with Crippen LogP contribution in [0.1, 0.15) is 34.2 Å². The molecule has 29 heavy (non-hydrogen) atoms. The fourth-order valence-corrected chi connectivity index (χ4v) is 3.75. The molecule has 1 amide bonds. The number of anilines is 1. The lowest BCUT2D eigenvalue weighted by atomic mass is 10.1. The molecule has 0 spiro atoms. The molecule has 2 aromatic heterocycles. The number of carbonyl (C=O) groups excluding carboxylic acids is 2. The Labute approximate surface area is 167 Å². The van der Waals surface area contributed by atoms with Crippen LogP contribution in [0.25, 0.3) is 5.88 Å². The number of esters is 1. The predicted molar refractivity (Wildman–Crippen MR) is 105 cm³/mol. The minimum absolute atomic E-state index is 0.00993. The number of hydrogen-bond donors (Lipinski definition) is 0. The summed E-state index contributed by atoms with van der Waals surface area (Å²) in [6.07, 6.45) is 4.18. The van der Waals surface area contributed by atoms with Gasteiger partial charge in [0.1, 0.15) is 23.0 Å². The minimum Gasteiger partial charge on any atom is -0.452 e. The lowest BCUT2D eigenvalue weighted by Gasteiger charge is -2.22. The van der Waals surface area contributed by atoms with Crippen molar-refractivity contribution in [3.63, 3.8) is 0 Å². The summed E-state index contributed by atoms with van der Waals surface area (Å²) in [5, 5.41) is 9.55. The Bertz CT molecular complexity index is 1120. The second kappa shape index (κ2) is 7.32. The van der Waals surface area contributed by atoms with E-state index in [4.69, 9.17) is 9.15 Å². The van der Waals surface area contributed by atoms with Crippen molar-refractivity contribution in [3.8, 4) is 12.0 Å². The fraction of sp³-hybridized carbons (Fsp3) is 0.227. The van der Waals surface area contributed by atoms with Crippen molar-refractivity contribution in [2.24, 2.45) is 0 Å². The number of para-hydroxylation sites is 1. The number of carbonyl (C=O) groups is 2.